The van der Waals surface area contributed by atoms with Gasteiger partial charge in [0.25, 0.3) is 0 Å². The predicted molar refractivity (Wildman–Crippen MR) is 81.2 cm³/mol. The van der Waals surface area contributed by atoms with Crippen LogP contribution in [-0.4, -0.2) is 28.8 Å². The first-order valence-electron chi connectivity index (χ1n) is 6.38. The minimum absolute atomic E-state index is 0.460. The van der Waals surface area contributed by atoms with E-state index in [-0.39, 0.29) is 0 Å². The normalized spacial score (nSPS) is 10.8. The van der Waals surface area contributed by atoms with Gasteiger partial charge in [-0.25, -0.2) is 9.97 Å². The summed E-state index contributed by atoms with van der Waals surface area (Å²) in [6.45, 7) is 0.643. The Morgan fingerprint density at radius 1 is 1.10 bits per heavy atom. The lowest BCUT2D eigenvalue weighted by Crippen LogP contribution is -2.00. The number of halogens is 1. The Hall–Kier alpha value is -2.27. The molecule has 0 radical (unpaired) electrons. The van der Waals surface area contributed by atoms with Crippen LogP contribution in [0.1, 0.15) is 5.56 Å². The fourth-order valence-corrected chi connectivity index (χ4v) is 2.45. The Bertz CT molecular complexity index is 763. The number of hydrogen-bond donors (Lipinski definition) is 0. The van der Waals surface area contributed by atoms with Gasteiger partial charge in [0.15, 0.2) is 0 Å². The molecule has 6 heteroatoms. The Morgan fingerprint density at radius 2 is 1.81 bits per heavy atom. The first-order chi connectivity index (χ1) is 10.2. The molecule has 0 saturated carbocycles. The van der Waals surface area contributed by atoms with Gasteiger partial charge in [0.1, 0.15) is 28.6 Å². The summed E-state index contributed by atoms with van der Waals surface area (Å²) in [4.78, 5) is 8.27. The van der Waals surface area contributed by atoms with Crippen molar-refractivity contribution in [1.82, 2.24) is 14.5 Å². The van der Waals surface area contributed by atoms with Gasteiger partial charge >= 0.3 is 0 Å². The van der Waals surface area contributed by atoms with Crippen molar-refractivity contribution in [3.8, 4) is 11.5 Å². The molecule has 0 aliphatic heterocycles. The quantitative estimate of drug-likeness (QED) is 0.695. The summed E-state index contributed by atoms with van der Waals surface area (Å²) in [5.74, 6) is 1.52. The maximum atomic E-state index is 6.06. The average Bonchev–Trinajstić information content (AvgIpc) is 2.91. The SMILES string of the molecule is COc1cc(Cn2ccc3c(Cl)ncnc32)cc(OC)c1. The second-order valence-corrected chi connectivity index (χ2v) is 4.92. The zero-order valence-corrected chi connectivity index (χ0v) is 12.5. The van der Waals surface area contributed by atoms with Gasteiger partial charge in [0.2, 0.25) is 0 Å². The highest BCUT2D eigenvalue weighted by molar-refractivity contribution is 6.33. The van der Waals surface area contributed by atoms with Gasteiger partial charge in [0.05, 0.1) is 19.6 Å². The second kappa shape index (κ2) is 5.61. The zero-order chi connectivity index (χ0) is 14.8. The summed E-state index contributed by atoms with van der Waals surface area (Å²) in [5.41, 5.74) is 1.86. The van der Waals surface area contributed by atoms with E-state index < -0.39 is 0 Å². The van der Waals surface area contributed by atoms with E-state index in [1.54, 1.807) is 14.2 Å². The van der Waals surface area contributed by atoms with Crippen LogP contribution < -0.4 is 9.47 Å². The fraction of sp³-hybridized carbons (Fsp3) is 0.200. The average molecular weight is 304 g/mol. The molecule has 0 N–H and O–H groups in total. The van der Waals surface area contributed by atoms with E-state index in [9.17, 15) is 0 Å². The maximum absolute atomic E-state index is 6.06. The Morgan fingerprint density at radius 3 is 2.48 bits per heavy atom. The van der Waals surface area contributed by atoms with Gasteiger partial charge in [-0.15, -0.1) is 0 Å². The van der Waals surface area contributed by atoms with Crippen LogP contribution in [-0.2, 0) is 6.54 Å². The van der Waals surface area contributed by atoms with Crippen molar-refractivity contribution >= 4 is 22.6 Å². The summed E-state index contributed by atoms with van der Waals surface area (Å²) in [6.07, 6.45) is 3.41. The molecule has 2 heterocycles. The topological polar surface area (TPSA) is 49.2 Å². The van der Waals surface area contributed by atoms with Gasteiger partial charge in [-0.05, 0) is 23.8 Å². The predicted octanol–water partition coefficient (Wildman–Crippen LogP) is 3.15. The summed E-state index contributed by atoms with van der Waals surface area (Å²) in [7, 11) is 3.27. The Kier molecular flexibility index (Phi) is 3.66. The molecule has 0 unspecified atom stereocenters. The monoisotopic (exact) mass is 303 g/mol. The summed E-state index contributed by atoms with van der Waals surface area (Å²) in [5, 5.41) is 1.30. The van der Waals surface area contributed by atoms with Crippen LogP contribution in [0.2, 0.25) is 5.15 Å². The molecule has 0 amide bonds. The zero-order valence-electron chi connectivity index (χ0n) is 11.7. The third kappa shape index (κ3) is 2.64. The first-order valence-corrected chi connectivity index (χ1v) is 6.76. The molecule has 0 fully saturated rings. The minimum atomic E-state index is 0.460. The molecule has 5 nitrogen and oxygen atoms in total. The van der Waals surface area contributed by atoms with E-state index in [1.165, 1.54) is 6.33 Å². The molecule has 0 aliphatic rings. The molecule has 0 saturated heterocycles. The number of hydrogen-bond acceptors (Lipinski definition) is 4. The molecule has 0 bridgehead atoms. The van der Waals surface area contributed by atoms with E-state index in [0.29, 0.717) is 11.7 Å². The molecule has 0 aliphatic carbocycles. The molecule has 3 rings (SSSR count). The number of aromatic nitrogens is 3. The number of nitrogens with zero attached hydrogens (tertiary/aromatic N) is 3. The minimum Gasteiger partial charge on any atom is -0.497 e. The third-order valence-electron chi connectivity index (χ3n) is 3.27. The maximum Gasteiger partial charge on any atom is 0.145 e. The van der Waals surface area contributed by atoms with Gasteiger partial charge in [-0.1, -0.05) is 11.6 Å². The van der Waals surface area contributed by atoms with Crippen molar-refractivity contribution < 1.29 is 9.47 Å². The van der Waals surface area contributed by atoms with Crippen LogP contribution in [0.3, 0.4) is 0 Å². The van der Waals surface area contributed by atoms with Crippen LogP contribution in [0.5, 0.6) is 11.5 Å². The van der Waals surface area contributed by atoms with E-state index >= 15 is 0 Å². The Labute approximate surface area is 127 Å². The highest BCUT2D eigenvalue weighted by Crippen LogP contribution is 2.25. The van der Waals surface area contributed by atoms with Crippen LogP contribution in [0.25, 0.3) is 11.0 Å². The fourth-order valence-electron chi connectivity index (χ4n) is 2.25. The number of ether oxygens (including phenoxy) is 2. The lowest BCUT2D eigenvalue weighted by Gasteiger charge is -2.10. The number of fused-ring (bicyclic) bond motifs is 1. The molecule has 0 atom stereocenters. The smallest absolute Gasteiger partial charge is 0.145 e. The van der Waals surface area contributed by atoms with Crippen LogP contribution in [0.4, 0.5) is 0 Å². The van der Waals surface area contributed by atoms with Crippen molar-refractivity contribution in [2.75, 3.05) is 14.2 Å². The molecule has 0 spiro atoms. The van der Waals surface area contributed by atoms with Gasteiger partial charge in [-0.2, -0.15) is 0 Å². The summed E-state index contributed by atoms with van der Waals surface area (Å²) >= 11 is 6.06. The highest BCUT2D eigenvalue weighted by atomic mass is 35.5. The number of benzene rings is 1. The Balaban J connectivity index is 2.00. The summed E-state index contributed by atoms with van der Waals surface area (Å²) < 4.78 is 12.6. The molecule has 1 aromatic carbocycles. The molecular weight excluding hydrogens is 290 g/mol. The highest BCUT2D eigenvalue weighted by Gasteiger charge is 2.08. The standard InChI is InChI=1S/C15H14ClN3O2/c1-20-11-5-10(6-12(7-11)21-2)8-19-4-3-13-14(16)17-9-18-15(13)19/h3-7,9H,8H2,1-2H3. The number of rotatable bonds is 4. The van der Waals surface area contributed by atoms with Crippen molar-refractivity contribution in [2.45, 2.75) is 6.54 Å². The van der Waals surface area contributed by atoms with Crippen molar-refractivity contribution in [3.05, 3.63) is 47.5 Å². The van der Waals surface area contributed by atoms with Gasteiger partial charge in [0, 0.05) is 18.8 Å². The lowest BCUT2D eigenvalue weighted by atomic mass is 10.2. The van der Waals surface area contributed by atoms with Crippen LogP contribution in [0.15, 0.2) is 36.8 Å². The van der Waals surface area contributed by atoms with E-state index in [2.05, 4.69) is 9.97 Å². The van der Waals surface area contributed by atoms with Gasteiger partial charge in [-0.3, -0.25) is 0 Å². The second-order valence-electron chi connectivity index (χ2n) is 4.57. The third-order valence-corrected chi connectivity index (χ3v) is 3.57. The molecule has 2 aromatic heterocycles. The van der Waals surface area contributed by atoms with Crippen LogP contribution >= 0.6 is 11.6 Å². The molecule has 21 heavy (non-hydrogen) atoms. The molecule has 3 aromatic rings. The van der Waals surface area contributed by atoms with E-state index in [1.807, 2.05) is 35.0 Å². The van der Waals surface area contributed by atoms with E-state index in [4.69, 9.17) is 21.1 Å². The lowest BCUT2D eigenvalue weighted by molar-refractivity contribution is 0.393. The largest absolute Gasteiger partial charge is 0.497 e. The summed E-state index contributed by atoms with van der Waals surface area (Å²) in [6, 6.07) is 7.69. The van der Waals surface area contributed by atoms with E-state index in [0.717, 1.165) is 28.1 Å². The van der Waals surface area contributed by atoms with Gasteiger partial charge < -0.3 is 14.0 Å². The van der Waals surface area contributed by atoms with Crippen LogP contribution in [0, 0.1) is 0 Å². The molecule has 108 valence electrons. The van der Waals surface area contributed by atoms with Crippen molar-refractivity contribution in [1.29, 1.82) is 0 Å². The van der Waals surface area contributed by atoms with Crippen molar-refractivity contribution in [3.63, 3.8) is 0 Å². The number of methoxy groups -OCH3 is 2. The van der Waals surface area contributed by atoms with Crippen molar-refractivity contribution in [2.24, 2.45) is 0 Å². The molecular formula is C15H14ClN3O2. The first kappa shape index (κ1) is 13.7.